The summed E-state index contributed by atoms with van der Waals surface area (Å²) in [5.74, 6) is -0.190. The molecule has 0 spiro atoms. The average molecular weight is 394 g/mol. The van der Waals surface area contributed by atoms with Crippen molar-refractivity contribution in [3.63, 3.8) is 0 Å². The summed E-state index contributed by atoms with van der Waals surface area (Å²) in [6.07, 6.45) is 0. The van der Waals surface area contributed by atoms with Gasteiger partial charge in [0.1, 0.15) is 11.5 Å². The van der Waals surface area contributed by atoms with Crippen LogP contribution in [0, 0.1) is 5.82 Å². The third-order valence-electron chi connectivity index (χ3n) is 5.27. The van der Waals surface area contributed by atoms with Gasteiger partial charge in [-0.3, -0.25) is 9.78 Å². The van der Waals surface area contributed by atoms with E-state index in [1.165, 1.54) is 6.07 Å². The molecule has 1 aromatic heterocycles. The van der Waals surface area contributed by atoms with Gasteiger partial charge in [0.15, 0.2) is 0 Å². The van der Waals surface area contributed by atoms with E-state index in [2.05, 4.69) is 9.97 Å². The summed E-state index contributed by atoms with van der Waals surface area (Å²) >= 11 is 0. The number of hydrogen-bond acceptors (Lipinski definition) is 5. The molecule has 2 aromatic carbocycles. The zero-order chi connectivity index (χ0) is 20.4. The lowest BCUT2D eigenvalue weighted by molar-refractivity contribution is 0.122. The minimum atomic E-state index is -0.385. The fraction of sp³-hybridized carbons (Fsp3) is 0.273. The SMILES string of the molecule is CC(c1ccc(-c2ccccc2)c(F)c1)c1nc(N2CCOCC2)[nH]c(=O)c1N. The maximum absolute atomic E-state index is 14.8. The number of H-pyrrole nitrogens is 1. The van der Waals surface area contributed by atoms with Gasteiger partial charge in [-0.25, -0.2) is 9.37 Å². The van der Waals surface area contributed by atoms with E-state index < -0.39 is 0 Å². The molecule has 29 heavy (non-hydrogen) atoms. The Kier molecular flexibility index (Phi) is 5.31. The summed E-state index contributed by atoms with van der Waals surface area (Å²) < 4.78 is 20.2. The molecule has 2 heterocycles. The molecule has 0 amide bonds. The number of nitrogen functional groups attached to an aromatic ring is 1. The largest absolute Gasteiger partial charge is 0.393 e. The van der Waals surface area contributed by atoms with Gasteiger partial charge < -0.3 is 15.4 Å². The predicted octanol–water partition coefficient (Wildman–Crippen LogP) is 3.15. The molecular formula is C22H23FN4O2. The number of rotatable bonds is 4. The number of aromatic amines is 1. The number of morpholine rings is 1. The first-order valence-corrected chi connectivity index (χ1v) is 9.62. The monoisotopic (exact) mass is 394 g/mol. The Morgan fingerprint density at radius 1 is 1.17 bits per heavy atom. The Bertz CT molecular complexity index is 1060. The van der Waals surface area contributed by atoms with Gasteiger partial charge in [0.25, 0.3) is 5.56 Å². The van der Waals surface area contributed by atoms with Crippen molar-refractivity contribution in [2.24, 2.45) is 0 Å². The zero-order valence-electron chi connectivity index (χ0n) is 16.2. The van der Waals surface area contributed by atoms with Crippen LogP contribution in [0.25, 0.3) is 11.1 Å². The molecule has 6 nitrogen and oxygen atoms in total. The number of nitrogens with zero attached hydrogens (tertiary/aromatic N) is 2. The van der Waals surface area contributed by atoms with Crippen LogP contribution in [0.5, 0.6) is 0 Å². The van der Waals surface area contributed by atoms with Crippen LogP contribution in [-0.2, 0) is 4.74 Å². The van der Waals surface area contributed by atoms with Crippen LogP contribution >= 0.6 is 0 Å². The molecule has 3 N–H and O–H groups in total. The summed E-state index contributed by atoms with van der Waals surface area (Å²) in [4.78, 5) is 21.7. The van der Waals surface area contributed by atoms with Crippen LogP contribution in [0.4, 0.5) is 16.0 Å². The van der Waals surface area contributed by atoms with Gasteiger partial charge in [-0.15, -0.1) is 0 Å². The summed E-state index contributed by atoms with van der Waals surface area (Å²) in [5, 5.41) is 0. The minimum Gasteiger partial charge on any atom is -0.393 e. The van der Waals surface area contributed by atoms with E-state index >= 15 is 0 Å². The van der Waals surface area contributed by atoms with E-state index in [0.717, 1.165) is 5.56 Å². The highest BCUT2D eigenvalue weighted by Crippen LogP contribution is 2.30. The van der Waals surface area contributed by atoms with Gasteiger partial charge in [-0.2, -0.15) is 0 Å². The van der Waals surface area contributed by atoms with E-state index in [4.69, 9.17) is 10.5 Å². The van der Waals surface area contributed by atoms with Gasteiger partial charge in [0.05, 0.1) is 18.9 Å². The van der Waals surface area contributed by atoms with Crippen LogP contribution in [0.1, 0.15) is 24.1 Å². The molecule has 0 radical (unpaired) electrons. The standard InChI is InChI=1S/C22H23FN4O2/c1-14(16-7-8-17(18(23)13-16)15-5-3-2-4-6-15)20-19(24)21(28)26-22(25-20)27-9-11-29-12-10-27/h2-8,13-14H,9-12,24H2,1H3,(H,25,26,28). The van der Waals surface area contributed by atoms with Crippen LogP contribution in [0.3, 0.4) is 0 Å². The van der Waals surface area contributed by atoms with Crippen LogP contribution in [0.15, 0.2) is 53.3 Å². The third kappa shape index (κ3) is 3.86. The first-order chi connectivity index (χ1) is 14.0. The molecular weight excluding hydrogens is 371 g/mol. The fourth-order valence-corrected chi connectivity index (χ4v) is 3.55. The number of nitrogens with two attached hydrogens (primary N) is 1. The van der Waals surface area contributed by atoms with Gasteiger partial charge in [0.2, 0.25) is 5.95 Å². The summed E-state index contributed by atoms with van der Waals surface area (Å²) in [6, 6.07) is 14.5. The van der Waals surface area contributed by atoms with Crippen molar-refractivity contribution >= 4 is 11.6 Å². The van der Waals surface area contributed by atoms with Crippen molar-refractivity contribution in [2.45, 2.75) is 12.8 Å². The molecule has 1 fully saturated rings. The molecule has 7 heteroatoms. The number of aromatic nitrogens is 2. The number of benzene rings is 2. The quantitative estimate of drug-likeness (QED) is 0.710. The van der Waals surface area contributed by atoms with Crippen molar-refractivity contribution in [3.8, 4) is 11.1 Å². The normalized spacial score (nSPS) is 15.3. The zero-order valence-corrected chi connectivity index (χ0v) is 16.2. The molecule has 1 unspecified atom stereocenters. The number of hydrogen-bond donors (Lipinski definition) is 2. The van der Waals surface area contributed by atoms with Crippen LogP contribution in [0.2, 0.25) is 0 Å². The van der Waals surface area contributed by atoms with Crippen molar-refractivity contribution in [3.05, 3.63) is 76.0 Å². The highest BCUT2D eigenvalue weighted by atomic mass is 19.1. The lowest BCUT2D eigenvalue weighted by atomic mass is 9.94. The Hall–Kier alpha value is -3.19. The maximum Gasteiger partial charge on any atom is 0.275 e. The Morgan fingerprint density at radius 3 is 2.59 bits per heavy atom. The van der Waals surface area contributed by atoms with E-state index in [1.807, 2.05) is 48.2 Å². The number of ether oxygens (including phenoxy) is 1. The van der Waals surface area contributed by atoms with Gasteiger partial charge in [0, 0.05) is 24.6 Å². The highest BCUT2D eigenvalue weighted by Gasteiger charge is 2.21. The second-order valence-electron chi connectivity index (χ2n) is 7.11. The molecule has 0 bridgehead atoms. The van der Waals surface area contributed by atoms with E-state index in [-0.39, 0.29) is 23.0 Å². The number of nitrogens with one attached hydrogen (secondary N) is 1. The maximum atomic E-state index is 14.8. The van der Waals surface area contributed by atoms with E-state index in [0.29, 0.717) is 49.1 Å². The van der Waals surface area contributed by atoms with E-state index in [1.54, 1.807) is 6.07 Å². The van der Waals surface area contributed by atoms with Crippen molar-refractivity contribution in [2.75, 3.05) is 36.9 Å². The molecule has 0 saturated carbocycles. The van der Waals surface area contributed by atoms with Gasteiger partial charge in [-0.05, 0) is 17.2 Å². The lowest BCUT2D eigenvalue weighted by Gasteiger charge is -2.28. The molecule has 1 aliphatic rings. The molecule has 4 rings (SSSR count). The second kappa shape index (κ2) is 8.05. The molecule has 1 saturated heterocycles. The Balaban J connectivity index is 1.69. The van der Waals surface area contributed by atoms with Gasteiger partial charge in [-0.1, -0.05) is 49.4 Å². The first-order valence-electron chi connectivity index (χ1n) is 9.62. The number of anilines is 2. The third-order valence-corrected chi connectivity index (χ3v) is 5.27. The van der Waals surface area contributed by atoms with Crippen LogP contribution in [-0.4, -0.2) is 36.3 Å². The first kappa shape index (κ1) is 19.1. The summed E-state index contributed by atoms with van der Waals surface area (Å²) in [5.41, 5.74) is 8.21. The molecule has 1 atom stereocenters. The predicted molar refractivity (Wildman–Crippen MR) is 112 cm³/mol. The van der Waals surface area contributed by atoms with Crippen molar-refractivity contribution in [1.29, 1.82) is 0 Å². The topological polar surface area (TPSA) is 84.2 Å². The smallest absolute Gasteiger partial charge is 0.275 e. The second-order valence-corrected chi connectivity index (χ2v) is 7.11. The van der Waals surface area contributed by atoms with Crippen LogP contribution < -0.4 is 16.2 Å². The molecule has 1 aliphatic heterocycles. The Labute approximate surface area is 168 Å². The van der Waals surface area contributed by atoms with Crippen molar-refractivity contribution in [1.82, 2.24) is 9.97 Å². The fourth-order valence-electron chi connectivity index (χ4n) is 3.55. The van der Waals surface area contributed by atoms with Gasteiger partial charge >= 0.3 is 0 Å². The summed E-state index contributed by atoms with van der Waals surface area (Å²) in [6.45, 7) is 4.30. The highest BCUT2D eigenvalue weighted by molar-refractivity contribution is 5.64. The molecule has 150 valence electrons. The van der Waals surface area contributed by atoms with E-state index in [9.17, 15) is 9.18 Å². The summed E-state index contributed by atoms with van der Waals surface area (Å²) in [7, 11) is 0. The average Bonchev–Trinajstić information content (AvgIpc) is 2.76. The molecule has 0 aliphatic carbocycles. The number of halogens is 1. The molecule has 3 aromatic rings. The lowest BCUT2D eigenvalue weighted by Crippen LogP contribution is -2.38. The van der Waals surface area contributed by atoms with Crippen molar-refractivity contribution < 1.29 is 9.13 Å². The Morgan fingerprint density at radius 2 is 1.90 bits per heavy atom. The minimum absolute atomic E-state index is 0.0575.